The van der Waals surface area contributed by atoms with Crippen molar-refractivity contribution in [2.45, 2.75) is 31.7 Å². The summed E-state index contributed by atoms with van der Waals surface area (Å²) in [6.07, 6.45) is 0. The second-order valence-electron chi connectivity index (χ2n) is 5.84. The highest BCUT2D eigenvalue weighted by atomic mass is 35.5. The van der Waals surface area contributed by atoms with Crippen LogP contribution < -0.4 is 10.0 Å². The SMILES string of the molecule is Cc1ccc(S(=O)(=O)Nc2ccc(Cl)c(Cl)c2)cc1C(=O)NC(C)C. The average molecular weight is 401 g/mol. The van der Waals surface area contributed by atoms with Gasteiger partial charge >= 0.3 is 0 Å². The first-order valence-corrected chi connectivity index (χ1v) is 9.73. The maximum Gasteiger partial charge on any atom is 0.261 e. The van der Waals surface area contributed by atoms with E-state index < -0.39 is 10.0 Å². The van der Waals surface area contributed by atoms with Crippen LogP contribution in [0.25, 0.3) is 0 Å². The molecule has 0 aromatic heterocycles. The van der Waals surface area contributed by atoms with Gasteiger partial charge in [0.1, 0.15) is 0 Å². The summed E-state index contributed by atoms with van der Waals surface area (Å²) in [5.41, 5.74) is 1.28. The molecule has 0 aliphatic heterocycles. The molecule has 2 aromatic carbocycles. The molecule has 0 aliphatic rings. The molecule has 0 unspecified atom stereocenters. The fourth-order valence-corrected chi connectivity index (χ4v) is 3.50. The van der Waals surface area contributed by atoms with Crippen LogP contribution in [0.1, 0.15) is 29.8 Å². The van der Waals surface area contributed by atoms with Gasteiger partial charge in [0.25, 0.3) is 15.9 Å². The minimum absolute atomic E-state index is 0.0157. The lowest BCUT2D eigenvalue weighted by Gasteiger charge is -2.13. The van der Waals surface area contributed by atoms with Gasteiger partial charge in [0.2, 0.25) is 0 Å². The van der Waals surface area contributed by atoms with Gasteiger partial charge in [-0.05, 0) is 56.7 Å². The third kappa shape index (κ3) is 4.87. The number of benzene rings is 2. The van der Waals surface area contributed by atoms with E-state index in [9.17, 15) is 13.2 Å². The Kier molecular flexibility index (Phi) is 5.98. The number of amides is 1. The molecule has 0 saturated heterocycles. The first kappa shape index (κ1) is 19.6. The number of carbonyl (C=O) groups is 1. The normalized spacial score (nSPS) is 11.4. The lowest BCUT2D eigenvalue weighted by atomic mass is 10.1. The number of rotatable bonds is 5. The van der Waals surface area contributed by atoms with Gasteiger partial charge in [0.05, 0.1) is 20.6 Å². The third-order valence-corrected chi connectivity index (χ3v) is 5.47. The fraction of sp³-hybridized carbons (Fsp3) is 0.235. The van der Waals surface area contributed by atoms with Crippen LogP contribution in [-0.4, -0.2) is 20.4 Å². The summed E-state index contributed by atoms with van der Waals surface area (Å²) in [5, 5.41) is 3.32. The van der Waals surface area contributed by atoms with Crippen molar-refractivity contribution in [2.75, 3.05) is 4.72 Å². The lowest BCUT2D eigenvalue weighted by molar-refractivity contribution is 0.0942. The molecule has 0 fully saturated rings. The maximum atomic E-state index is 12.6. The summed E-state index contributed by atoms with van der Waals surface area (Å²) >= 11 is 11.7. The zero-order valence-electron chi connectivity index (χ0n) is 13.9. The van der Waals surface area contributed by atoms with Crippen molar-refractivity contribution >= 4 is 44.8 Å². The number of halogens is 2. The highest BCUT2D eigenvalue weighted by molar-refractivity contribution is 7.92. The molecular formula is C17H18Cl2N2O3S. The van der Waals surface area contributed by atoms with E-state index in [-0.39, 0.29) is 27.6 Å². The van der Waals surface area contributed by atoms with Crippen LogP contribution in [0.3, 0.4) is 0 Å². The number of sulfonamides is 1. The zero-order chi connectivity index (χ0) is 18.8. The van der Waals surface area contributed by atoms with Gasteiger partial charge in [0.15, 0.2) is 0 Å². The van der Waals surface area contributed by atoms with Crippen molar-refractivity contribution in [3.8, 4) is 0 Å². The number of carbonyl (C=O) groups excluding carboxylic acids is 1. The van der Waals surface area contributed by atoms with Gasteiger partial charge in [-0.2, -0.15) is 0 Å². The smallest absolute Gasteiger partial charge is 0.261 e. The molecule has 5 nitrogen and oxygen atoms in total. The molecule has 25 heavy (non-hydrogen) atoms. The topological polar surface area (TPSA) is 75.3 Å². The van der Waals surface area contributed by atoms with Crippen LogP contribution in [0.5, 0.6) is 0 Å². The zero-order valence-corrected chi connectivity index (χ0v) is 16.3. The largest absolute Gasteiger partial charge is 0.350 e. The van der Waals surface area contributed by atoms with Crippen molar-refractivity contribution in [3.05, 3.63) is 57.6 Å². The Balaban J connectivity index is 2.36. The summed E-state index contributed by atoms with van der Waals surface area (Å²) in [5.74, 6) is -0.320. The summed E-state index contributed by atoms with van der Waals surface area (Å²) in [7, 11) is -3.88. The molecule has 134 valence electrons. The molecule has 0 bridgehead atoms. The molecule has 2 aromatic rings. The lowest BCUT2D eigenvalue weighted by Crippen LogP contribution is -2.30. The first-order chi connectivity index (χ1) is 11.6. The number of hydrogen-bond acceptors (Lipinski definition) is 3. The molecule has 1 amide bonds. The number of nitrogens with one attached hydrogen (secondary N) is 2. The van der Waals surface area contributed by atoms with E-state index in [1.165, 1.54) is 30.3 Å². The van der Waals surface area contributed by atoms with Crippen LogP contribution in [0.4, 0.5) is 5.69 Å². The quantitative estimate of drug-likeness (QED) is 0.787. The van der Waals surface area contributed by atoms with Crippen molar-refractivity contribution < 1.29 is 13.2 Å². The van der Waals surface area contributed by atoms with E-state index in [4.69, 9.17) is 23.2 Å². The average Bonchev–Trinajstić information content (AvgIpc) is 2.50. The minimum atomic E-state index is -3.88. The molecular weight excluding hydrogens is 383 g/mol. The van der Waals surface area contributed by atoms with E-state index in [1.54, 1.807) is 13.0 Å². The number of hydrogen-bond donors (Lipinski definition) is 2. The van der Waals surface area contributed by atoms with Gasteiger partial charge in [-0.15, -0.1) is 0 Å². The molecule has 2 rings (SSSR count). The van der Waals surface area contributed by atoms with E-state index >= 15 is 0 Å². The number of anilines is 1. The molecule has 2 N–H and O–H groups in total. The van der Waals surface area contributed by atoms with E-state index in [0.29, 0.717) is 16.1 Å². The van der Waals surface area contributed by atoms with Gasteiger partial charge < -0.3 is 5.32 Å². The molecule has 8 heteroatoms. The summed E-state index contributed by atoms with van der Waals surface area (Å²) in [4.78, 5) is 12.2. The first-order valence-electron chi connectivity index (χ1n) is 7.49. The Hall–Kier alpha value is -1.76. The Morgan fingerprint density at radius 3 is 2.32 bits per heavy atom. The highest BCUT2D eigenvalue weighted by Crippen LogP contribution is 2.27. The van der Waals surface area contributed by atoms with Crippen LogP contribution in [0, 0.1) is 6.92 Å². The Morgan fingerprint density at radius 2 is 1.72 bits per heavy atom. The highest BCUT2D eigenvalue weighted by Gasteiger charge is 2.19. The summed E-state index contributed by atoms with van der Waals surface area (Å²) < 4.78 is 27.6. The van der Waals surface area contributed by atoms with Crippen LogP contribution in [0.2, 0.25) is 10.0 Å². The predicted molar refractivity (Wildman–Crippen MR) is 101 cm³/mol. The van der Waals surface area contributed by atoms with Gasteiger partial charge in [0, 0.05) is 11.6 Å². The molecule has 0 spiro atoms. The second kappa shape index (κ2) is 7.64. The van der Waals surface area contributed by atoms with Gasteiger partial charge in [-0.3, -0.25) is 9.52 Å². The van der Waals surface area contributed by atoms with Gasteiger partial charge in [-0.1, -0.05) is 29.3 Å². The van der Waals surface area contributed by atoms with Crippen molar-refractivity contribution in [2.24, 2.45) is 0 Å². The molecule has 0 heterocycles. The van der Waals surface area contributed by atoms with E-state index in [1.807, 2.05) is 13.8 Å². The summed E-state index contributed by atoms with van der Waals surface area (Å²) in [6, 6.07) is 8.76. The monoisotopic (exact) mass is 400 g/mol. The Bertz CT molecular complexity index is 912. The fourth-order valence-electron chi connectivity index (χ4n) is 2.13. The van der Waals surface area contributed by atoms with E-state index in [2.05, 4.69) is 10.0 Å². The molecule has 0 aliphatic carbocycles. The number of aryl methyl sites for hydroxylation is 1. The van der Waals surface area contributed by atoms with Crippen LogP contribution in [-0.2, 0) is 10.0 Å². The van der Waals surface area contributed by atoms with Crippen molar-refractivity contribution in [1.82, 2.24) is 5.32 Å². The Labute approximate surface area is 157 Å². The second-order valence-corrected chi connectivity index (χ2v) is 8.34. The third-order valence-electron chi connectivity index (χ3n) is 3.36. The molecule has 0 radical (unpaired) electrons. The predicted octanol–water partition coefficient (Wildman–Crippen LogP) is 4.24. The standard InChI is InChI=1S/C17H18Cl2N2O3S/c1-10(2)20-17(22)14-9-13(6-4-11(14)3)25(23,24)21-12-5-7-15(18)16(19)8-12/h4-10,21H,1-3H3,(H,20,22). The van der Waals surface area contributed by atoms with Crippen LogP contribution >= 0.6 is 23.2 Å². The van der Waals surface area contributed by atoms with Gasteiger partial charge in [-0.25, -0.2) is 8.42 Å². The summed E-state index contributed by atoms with van der Waals surface area (Å²) in [6.45, 7) is 5.41. The van der Waals surface area contributed by atoms with Crippen molar-refractivity contribution in [1.29, 1.82) is 0 Å². The minimum Gasteiger partial charge on any atom is -0.350 e. The molecule has 0 saturated carbocycles. The Morgan fingerprint density at radius 1 is 1.04 bits per heavy atom. The van der Waals surface area contributed by atoms with Crippen molar-refractivity contribution in [3.63, 3.8) is 0 Å². The van der Waals surface area contributed by atoms with E-state index in [0.717, 1.165) is 0 Å². The molecule has 0 atom stereocenters. The van der Waals surface area contributed by atoms with Crippen LogP contribution in [0.15, 0.2) is 41.3 Å². The maximum absolute atomic E-state index is 12.6.